The molecule has 0 aromatic heterocycles. The first-order valence-corrected chi connectivity index (χ1v) is 11.1. The average molecular weight is 439 g/mol. The summed E-state index contributed by atoms with van der Waals surface area (Å²) >= 11 is 7.76. The van der Waals surface area contributed by atoms with E-state index in [4.69, 9.17) is 21.1 Å². The van der Waals surface area contributed by atoms with E-state index in [1.165, 1.54) is 0 Å². The molecule has 5 heteroatoms. The summed E-state index contributed by atoms with van der Waals surface area (Å²) in [6, 6.07) is 21.6. The molecule has 0 N–H and O–H groups in total. The highest BCUT2D eigenvalue weighted by Gasteiger charge is 2.35. The topological polar surface area (TPSA) is 35.5 Å². The van der Waals surface area contributed by atoms with Crippen LogP contribution in [0, 0.1) is 5.92 Å². The third-order valence-corrected chi connectivity index (χ3v) is 7.17. The van der Waals surface area contributed by atoms with E-state index in [0.29, 0.717) is 16.5 Å². The van der Waals surface area contributed by atoms with Crippen LogP contribution in [0.1, 0.15) is 33.2 Å². The van der Waals surface area contributed by atoms with Gasteiger partial charge >= 0.3 is 0 Å². The predicted molar refractivity (Wildman–Crippen MR) is 122 cm³/mol. The second-order valence-electron chi connectivity index (χ2n) is 7.27. The Balaban J connectivity index is 1.74. The quantitative estimate of drug-likeness (QED) is 0.404. The third kappa shape index (κ3) is 4.21. The molecule has 154 valence electrons. The molecule has 2 atom stereocenters. The molecule has 0 saturated carbocycles. The fraction of sp³-hybridized carbons (Fsp3) is 0.240. The monoisotopic (exact) mass is 438 g/mol. The molecular weight excluding hydrogens is 416 g/mol. The number of carbonyl (C=O) groups is 1. The van der Waals surface area contributed by atoms with Gasteiger partial charge in [-0.15, -0.1) is 11.8 Å². The summed E-state index contributed by atoms with van der Waals surface area (Å²) in [5, 5.41) is 0.650. The number of rotatable bonds is 6. The molecule has 3 aromatic carbocycles. The number of hydrogen-bond donors (Lipinski definition) is 0. The molecule has 0 fully saturated rings. The maximum Gasteiger partial charge on any atom is 0.167 e. The Morgan fingerprint density at radius 2 is 1.70 bits per heavy atom. The highest BCUT2D eigenvalue weighted by molar-refractivity contribution is 7.99. The Morgan fingerprint density at radius 1 is 0.967 bits per heavy atom. The average Bonchev–Trinajstić information content (AvgIpc) is 2.79. The van der Waals surface area contributed by atoms with Crippen LogP contribution in [0.25, 0.3) is 0 Å². The minimum Gasteiger partial charge on any atom is -0.493 e. The highest BCUT2D eigenvalue weighted by Crippen LogP contribution is 2.47. The molecule has 3 aromatic rings. The fourth-order valence-corrected chi connectivity index (χ4v) is 5.40. The zero-order chi connectivity index (χ0) is 21.1. The van der Waals surface area contributed by atoms with Gasteiger partial charge in [-0.05, 0) is 60.4 Å². The van der Waals surface area contributed by atoms with Crippen LogP contribution in [0.3, 0.4) is 0 Å². The van der Waals surface area contributed by atoms with Crippen LogP contribution in [0.4, 0.5) is 0 Å². The van der Waals surface area contributed by atoms with E-state index in [2.05, 4.69) is 6.07 Å². The van der Waals surface area contributed by atoms with E-state index in [-0.39, 0.29) is 17.0 Å². The van der Waals surface area contributed by atoms with Crippen molar-refractivity contribution < 1.29 is 14.3 Å². The van der Waals surface area contributed by atoms with Gasteiger partial charge in [0, 0.05) is 26.6 Å². The minimum absolute atomic E-state index is 0.0492. The molecule has 1 aliphatic carbocycles. The van der Waals surface area contributed by atoms with Crippen molar-refractivity contribution in [3.05, 3.63) is 88.4 Å². The predicted octanol–water partition coefficient (Wildman–Crippen LogP) is 6.64. The normalized spacial score (nSPS) is 16.6. The molecule has 1 aliphatic rings. The van der Waals surface area contributed by atoms with Crippen LogP contribution in [0.15, 0.2) is 71.6 Å². The first kappa shape index (κ1) is 20.8. The number of ketones is 1. The molecule has 0 aliphatic heterocycles. The lowest BCUT2D eigenvalue weighted by Crippen LogP contribution is -2.27. The third-order valence-electron chi connectivity index (χ3n) is 5.52. The van der Waals surface area contributed by atoms with Crippen LogP contribution in [0.5, 0.6) is 11.5 Å². The number of Topliss-reactive ketones (excluding diaryl/α,β-unsaturated/α-hetero) is 1. The highest BCUT2D eigenvalue weighted by atomic mass is 35.5. The summed E-state index contributed by atoms with van der Waals surface area (Å²) in [5.74, 6) is 1.42. The van der Waals surface area contributed by atoms with Crippen molar-refractivity contribution in [3.63, 3.8) is 0 Å². The van der Waals surface area contributed by atoms with Crippen LogP contribution >= 0.6 is 23.4 Å². The van der Waals surface area contributed by atoms with Crippen molar-refractivity contribution in [2.45, 2.75) is 23.0 Å². The Labute approximate surface area is 186 Å². The number of benzene rings is 3. The summed E-state index contributed by atoms with van der Waals surface area (Å²) in [6.45, 7) is 0. The number of fused-ring (bicyclic) bond motifs is 1. The lowest BCUT2D eigenvalue weighted by Gasteiger charge is -2.30. The number of hydrogen-bond acceptors (Lipinski definition) is 4. The lowest BCUT2D eigenvalue weighted by atomic mass is 9.79. The van der Waals surface area contributed by atoms with Gasteiger partial charge in [-0.3, -0.25) is 4.79 Å². The molecule has 30 heavy (non-hydrogen) atoms. The van der Waals surface area contributed by atoms with Crippen molar-refractivity contribution in [3.8, 4) is 11.5 Å². The van der Waals surface area contributed by atoms with Gasteiger partial charge in [-0.1, -0.05) is 41.9 Å². The lowest BCUT2D eigenvalue weighted by molar-refractivity contribution is 0.0899. The first-order valence-electron chi connectivity index (χ1n) is 9.87. The van der Waals surface area contributed by atoms with E-state index in [1.54, 1.807) is 26.0 Å². The van der Waals surface area contributed by atoms with Crippen LogP contribution < -0.4 is 9.47 Å². The summed E-state index contributed by atoms with van der Waals surface area (Å²) in [5.41, 5.74) is 3.03. The standard InChI is InChI=1S/C25H23ClO3S/c1-28-22-14-8-17(15-23(22)29-2)25(30-19-11-9-18(26)10-12-19)21-13-7-16-5-3-4-6-20(16)24(21)27/h3-6,8-12,14-15,21,25H,7,13H2,1-2H3/t21-,25-/m0/s1. The molecule has 4 rings (SSSR count). The van der Waals surface area contributed by atoms with Crippen molar-refractivity contribution in [2.75, 3.05) is 14.2 Å². The fourth-order valence-electron chi connectivity index (χ4n) is 3.98. The molecule has 0 unspecified atom stereocenters. The summed E-state index contributed by atoms with van der Waals surface area (Å²) in [4.78, 5) is 14.5. The van der Waals surface area contributed by atoms with E-state index >= 15 is 0 Å². The van der Waals surface area contributed by atoms with Gasteiger partial charge in [0.15, 0.2) is 17.3 Å². The first-order chi connectivity index (χ1) is 14.6. The van der Waals surface area contributed by atoms with Gasteiger partial charge in [-0.2, -0.15) is 0 Å². The number of ether oxygens (including phenoxy) is 2. The maximum absolute atomic E-state index is 13.5. The van der Waals surface area contributed by atoms with Gasteiger partial charge in [-0.25, -0.2) is 0 Å². The van der Waals surface area contributed by atoms with Gasteiger partial charge in [0.1, 0.15) is 0 Å². The maximum atomic E-state index is 13.5. The zero-order valence-electron chi connectivity index (χ0n) is 16.9. The van der Waals surface area contributed by atoms with Gasteiger partial charge in [0.05, 0.1) is 14.2 Å². The largest absolute Gasteiger partial charge is 0.493 e. The second-order valence-corrected chi connectivity index (χ2v) is 8.92. The summed E-state index contributed by atoms with van der Waals surface area (Å²) in [6.07, 6.45) is 1.72. The van der Waals surface area contributed by atoms with Crippen LogP contribution in [0.2, 0.25) is 5.02 Å². The van der Waals surface area contributed by atoms with Crippen LogP contribution in [-0.4, -0.2) is 20.0 Å². The van der Waals surface area contributed by atoms with Gasteiger partial charge in [0.25, 0.3) is 0 Å². The summed E-state index contributed by atoms with van der Waals surface area (Å²) < 4.78 is 10.9. The van der Waals surface area contributed by atoms with E-state index in [1.807, 2.05) is 60.7 Å². The van der Waals surface area contributed by atoms with Crippen LogP contribution in [-0.2, 0) is 6.42 Å². The SMILES string of the molecule is COc1ccc([C@H](Sc2ccc(Cl)cc2)[C@H]2CCc3ccccc3C2=O)cc1OC. The molecule has 0 spiro atoms. The van der Waals surface area contributed by atoms with Gasteiger partial charge < -0.3 is 9.47 Å². The Bertz CT molecular complexity index is 1050. The molecular formula is C25H23ClO3S. The molecule has 3 nitrogen and oxygen atoms in total. The van der Waals surface area contributed by atoms with Crippen molar-refractivity contribution in [2.24, 2.45) is 5.92 Å². The Kier molecular flexibility index (Phi) is 6.35. The summed E-state index contributed by atoms with van der Waals surface area (Å²) in [7, 11) is 3.25. The van der Waals surface area contributed by atoms with E-state index in [9.17, 15) is 4.79 Å². The Hall–Kier alpha value is -2.43. The minimum atomic E-state index is -0.126. The molecule has 0 bridgehead atoms. The zero-order valence-corrected chi connectivity index (χ0v) is 18.5. The molecule has 0 radical (unpaired) electrons. The van der Waals surface area contributed by atoms with E-state index in [0.717, 1.165) is 34.4 Å². The number of halogens is 1. The van der Waals surface area contributed by atoms with E-state index < -0.39 is 0 Å². The van der Waals surface area contributed by atoms with Crippen molar-refractivity contribution in [1.82, 2.24) is 0 Å². The Morgan fingerprint density at radius 3 is 2.43 bits per heavy atom. The molecule has 0 saturated heterocycles. The van der Waals surface area contributed by atoms with Crippen molar-refractivity contribution >= 4 is 29.1 Å². The number of thioether (sulfide) groups is 1. The smallest absolute Gasteiger partial charge is 0.167 e. The van der Waals surface area contributed by atoms with Gasteiger partial charge in [0.2, 0.25) is 0 Å². The molecule has 0 heterocycles. The molecule has 0 amide bonds. The number of methoxy groups -OCH3 is 2. The number of carbonyl (C=O) groups excluding carboxylic acids is 1. The number of aryl methyl sites for hydroxylation is 1. The second kappa shape index (κ2) is 9.15. The van der Waals surface area contributed by atoms with Crippen molar-refractivity contribution in [1.29, 1.82) is 0 Å².